The van der Waals surface area contributed by atoms with Gasteiger partial charge in [-0.3, -0.25) is 0 Å². The molecule has 0 aliphatic rings. The van der Waals surface area contributed by atoms with Gasteiger partial charge in [-0.2, -0.15) is 0 Å². The van der Waals surface area contributed by atoms with Crippen LogP contribution in [0.4, 0.5) is 0 Å². The lowest BCUT2D eigenvalue weighted by Gasteiger charge is -2.41. The Morgan fingerprint density at radius 2 is 1.95 bits per heavy atom. The summed E-state index contributed by atoms with van der Waals surface area (Å²) in [5, 5.41) is 12.4. The van der Waals surface area contributed by atoms with Gasteiger partial charge in [-0.15, -0.1) is 0 Å². The molecule has 1 heterocycles. The molecule has 1 aromatic heterocycles. The van der Waals surface area contributed by atoms with Crippen molar-refractivity contribution in [1.29, 1.82) is 0 Å². The van der Waals surface area contributed by atoms with Crippen LogP contribution in [-0.4, -0.2) is 14.7 Å². The number of imidazole rings is 1. The number of benzene rings is 1. The fourth-order valence-electron chi connectivity index (χ4n) is 2.19. The van der Waals surface area contributed by atoms with Gasteiger partial charge in [-0.05, 0) is 23.6 Å². The zero-order chi connectivity index (χ0) is 15.0. The predicted molar refractivity (Wildman–Crippen MR) is 82.0 cm³/mol. The molecule has 1 aromatic carbocycles. The summed E-state index contributed by atoms with van der Waals surface area (Å²) in [4.78, 5) is 4.01. The van der Waals surface area contributed by atoms with Crippen LogP contribution < -0.4 is 0 Å². The van der Waals surface area contributed by atoms with Gasteiger partial charge in [0.1, 0.15) is 5.60 Å². The van der Waals surface area contributed by atoms with Gasteiger partial charge >= 0.3 is 0 Å². The fourth-order valence-corrected chi connectivity index (χ4v) is 2.63. The second kappa shape index (κ2) is 5.40. The highest BCUT2D eigenvalue weighted by Crippen LogP contribution is 2.44. The first-order valence-electron chi connectivity index (χ1n) is 6.38. The monoisotopic (exact) mass is 312 g/mol. The van der Waals surface area contributed by atoms with Crippen LogP contribution in [-0.2, 0) is 12.1 Å². The number of hydrogen-bond acceptors (Lipinski definition) is 2. The molecule has 0 aliphatic carbocycles. The Labute approximate surface area is 129 Å². The molecule has 3 nitrogen and oxygen atoms in total. The van der Waals surface area contributed by atoms with E-state index in [0.29, 0.717) is 22.2 Å². The number of aliphatic hydroxyl groups is 1. The molecule has 0 amide bonds. The van der Waals surface area contributed by atoms with Crippen molar-refractivity contribution in [2.24, 2.45) is 5.41 Å². The lowest BCUT2D eigenvalue weighted by atomic mass is 9.72. The Bertz CT molecular complexity index is 590. The number of halogens is 2. The van der Waals surface area contributed by atoms with Gasteiger partial charge in [0.25, 0.3) is 0 Å². The second-order valence-corrected chi connectivity index (χ2v) is 6.81. The Morgan fingerprint density at radius 3 is 2.50 bits per heavy atom. The van der Waals surface area contributed by atoms with Crippen LogP contribution in [0.5, 0.6) is 0 Å². The lowest BCUT2D eigenvalue weighted by Crippen LogP contribution is -2.43. The minimum Gasteiger partial charge on any atom is -0.383 e. The van der Waals surface area contributed by atoms with E-state index in [9.17, 15) is 5.11 Å². The first-order chi connectivity index (χ1) is 9.24. The molecule has 2 aromatic rings. The first-order valence-corrected chi connectivity index (χ1v) is 7.13. The van der Waals surface area contributed by atoms with Gasteiger partial charge in [0, 0.05) is 28.0 Å². The summed E-state index contributed by atoms with van der Waals surface area (Å²) in [6, 6.07) is 5.16. The molecule has 20 heavy (non-hydrogen) atoms. The third-order valence-electron chi connectivity index (χ3n) is 3.59. The van der Waals surface area contributed by atoms with Gasteiger partial charge in [0.15, 0.2) is 0 Å². The van der Waals surface area contributed by atoms with Gasteiger partial charge in [0.2, 0.25) is 0 Å². The number of rotatable bonds is 3. The minimum atomic E-state index is -1.16. The Balaban J connectivity index is 2.55. The van der Waals surface area contributed by atoms with Crippen molar-refractivity contribution >= 4 is 23.2 Å². The predicted octanol–water partition coefficient (Wildman–Crippen LogP) is 4.12. The summed E-state index contributed by atoms with van der Waals surface area (Å²) >= 11 is 12.3. The highest BCUT2D eigenvalue weighted by atomic mass is 35.5. The SMILES string of the molecule is CC(C)(C)C(O)(Cn1ccnc1)c1cc(Cl)ccc1Cl. The summed E-state index contributed by atoms with van der Waals surface area (Å²) in [7, 11) is 0. The standard InChI is InChI=1S/C15H18Cl2N2O/c1-14(2,3)15(20,9-19-7-6-18-10-19)12-8-11(16)4-5-13(12)17/h4-8,10,20H,9H2,1-3H3. The zero-order valence-corrected chi connectivity index (χ0v) is 13.3. The lowest BCUT2D eigenvalue weighted by molar-refractivity contribution is -0.0780. The normalized spacial score (nSPS) is 15.1. The maximum Gasteiger partial charge on any atom is 0.114 e. The van der Waals surface area contributed by atoms with Crippen LogP contribution in [0.25, 0.3) is 0 Å². The maximum atomic E-state index is 11.3. The Hall–Kier alpha value is -1.03. The van der Waals surface area contributed by atoms with Crippen molar-refractivity contribution < 1.29 is 5.11 Å². The molecule has 1 unspecified atom stereocenters. The average Bonchev–Trinajstić information content (AvgIpc) is 2.83. The van der Waals surface area contributed by atoms with E-state index >= 15 is 0 Å². The molecule has 0 aliphatic heterocycles. The van der Waals surface area contributed by atoms with Crippen molar-refractivity contribution in [3.63, 3.8) is 0 Å². The van der Waals surface area contributed by atoms with E-state index in [2.05, 4.69) is 4.98 Å². The molecule has 0 bridgehead atoms. The van der Waals surface area contributed by atoms with Gasteiger partial charge in [0.05, 0.1) is 12.9 Å². The van der Waals surface area contributed by atoms with Gasteiger partial charge in [-0.1, -0.05) is 44.0 Å². The third kappa shape index (κ3) is 2.85. The van der Waals surface area contributed by atoms with Crippen molar-refractivity contribution in [3.05, 3.63) is 52.5 Å². The quantitative estimate of drug-likeness (QED) is 0.925. The van der Waals surface area contributed by atoms with E-state index < -0.39 is 11.0 Å². The molecule has 0 spiro atoms. The van der Waals surface area contributed by atoms with Crippen LogP contribution in [0, 0.1) is 5.41 Å². The Morgan fingerprint density at radius 1 is 1.25 bits per heavy atom. The molecule has 108 valence electrons. The van der Waals surface area contributed by atoms with E-state index in [0.717, 1.165) is 0 Å². The zero-order valence-electron chi connectivity index (χ0n) is 11.8. The van der Waals surface area contributed by atoms with E-state index in [1.165, 1.54) is 0 Å². The second-order valence-electron chi connectivity index (χ2n) is 5.97. The number of nitrogens with zero attached hydrogens (tertiary/aromatic N) is 2. The summed E-state index contributed by atoms with van der Waals surface area (Å²) in [6.45, 7) is 6.28. The van der Waals surface area contributed by atoms with Crippen LogP contribution in [0.3, 0.4) is 0 Å². The first kappa shape index (κ1) is 15.4. The van der Waals surface area contributed by atoms with Gasteiger partial charge < -0.3 is 9.67 Å². The largest absolute Gasteiger partial charge is 0.383 e. The van der Waals surface area contributed by atoms with Crippen LogP contribution >= 0.6 is 23.2 Å². The highest BCUT2D eigenvalue weighted by Gasteiger charge is 2.43. The van der Waals surface area contributed by atoms with E-state index in [4.69, 9.17) is 23.2 Å². The molecule has 5 heteroatoms. The molecule has 0 saturated carbocycles. The molecule has 1 atom stereocenters. The number of aromatic nitrogens is 2. The van der Waals surface area contributed by atoms with E-state index in [-0.39, 0.29) is 0 Å². The topological polar surface area (TPSA) is 38.0 Å². The highest BCUT2D eigenvalue weighted by molar-refractivity contribution is 6.33. The summed E-state index contributed by atoms with van der Waals surface area (Å²) in [6.07, 6.45) is 5.17. The van der Waals surface area contributed by atoms with Crippen molar-refractivity contribution in [3.8, 4) is 0 Å². The summed E-state index contributed by atoms with van der Waals surface area (Å²) in [5.41, 5.74) is -0.950. The van der Waals surface area contributed by atoms with E-state index in [1.807, 2.05) is 31.5 Å². The van der Waals surface area contributed by atoms with Crippen molar-refractivity contribution in [2.75, 3.05) is 0 Å². The van der Waals surface area contributed by atoms with Gasteiger partial charge in [-0.25, -0.2) is 4.98 Å². The molecular formula is C15H18Cl2N2O. The van der Waals surface area contributed by atoms with Crippen molar-refractivity contribution in [2.45, 2.75) is 32.9 Å². The number of hydrogen-bond donors (Lipinski definition) is 1. The molecule has 2 rings (SSSR count). The maximum absolute atomic E-state index is 11.3. The fraction of sp³-hybridized carbons (Fsp3) is 0.400. The molecule has 1 N–H and O–H groups in total. The molecular weight excluding hydrogens is 295 g/mol. The molecule has 0 radical (unpaired) electrons. The summed E-state index contributed by atoms with van der Waals surface area (Å²) < 4.78 is 1.84. The van der Waals surface area contributed by atoms with Crippen LogP contribution in [0.1, 0.15) is 26.3 Å². The molecule has 0 saturated heterocycles. The van der Waals surface area contributed by atoms with Crippen LogP contribution in [0.2, 0.25) is 10.0 Å². The third-order valence-corrected chi connectivity index (χ3v) is 4.15. The smallest absolute Gasteiger partial charge is 0.114 e. The Kier molecular flexibility index (Phi) is 4.14. The van der Waals surface area contributed by atoms with Crippen molar-refractivity contribution in [1.82, 2.24) is 9.55 Å². The van der Waals surface area contributed by atoms with Crippen LogP contribution in [0.15, 0.2) is 36.9 Å². The van der Waals surface area contributed by atoms with E-state index in [1.54, 1.807) is 30.7 Å². The minimum absolute atomic E-state index is 0.358. The average molecular weight is 313 g/mol. The summed E-state index contributed by atoms with van der Waals surface area (Å²) in [5.74, 6) is 0. The molecule has 0 fully saturated rings.